The van der Waals surface area contributed by atoms with Crippen molar-refractivity contribution in [2.24, 2.45) is 15.6 Å². The zero-order valence-corrected chi connectivity index (χ0v) is 9.23. The minimum atomic E-state index is -1.30. The Morgan fingerprint density at radius 2 is 1.67 bits per heavy atom. The number of nitrogens with zero attached hydrogens (tertiary/aromatic N) is 2. The highest BCUT2D eigenvalue weighted by molar-refractivity contribution is 5.91. The molecule has 0 aromatic heterocycles. The lowest BCUT2D eigenvalue weighted by Gasteiger charge is -2.31. The van der Waals surface area contributed by atoms with Gasteiger partial charge in [0.15, 0.2) is 5.54 Å². The van der Waals surface area contributed by atoms with Gasteiger partial charge in [-0.1, -0.05) is 0 Å². The Morgan fingerprint density at radius 3 is 2.13 bits per heavy atom. The van der Waals surface area contributed by atoms with E-state index in [2.05, 4.69) is 19.7 Å². The minimum Gasteiger partial charge on any atom is -0.468 e. The van der Waals surface area contributed by atoms with E-state index in [0.717, 1.165) is 0 Å². The van der Waals surface area contributed by atoms with Crippen molar-refractivity contribution < 1.29 is 19.1 Å². The lowest BCUT2D eigenvalue weighted by molar-refractivity contribution is -0.164. The van der Waals surface area contributed by atoms with Crippen LogP contribution in [0.15, 0.2) is 10.2 Å². The SMILES string of the molecule is COC(=O)[C@]1(C)CN=N[C@]1(C)C(=O)OC. The number of carbonyl (C=O) groups is 2. The molecule has 15 heavy (non-hydrogen) atoms. The molecule has 0 fully saturated rings. The number of hydrogen-bond acceptors (Lipinski definition) is 6. The van der Waals surface area contributed by atoms with E-state index in [4.69, 9.17) is 0 Å². The van der Waals surface area contributed by atoms with Crippen LogP contribution in [-0.4, -0.2) is 38.2 Å². The molecule has 1 aliphatic heterocycles. The van der Waals surface area contributed by atoms with Crippen molar-refractivity contribution in [2.75, 3.05) is 20.8 Å². The van der Waals surface area contributed by atoms with Gasteiger partial charge in [-0.25, -0.2) is 4.79 Å². The van der Waals surface area contributed by atoms with Gasteiger partial charge in [0.2, 0.25) is 0 Å². The molecule has 2 atom stereocenters. The van der Waals surface area contributed by atoms with Crippen LogP contribution in [0.3, 0.4) is 0 Å². The van der Waals surface area contributed by atoms with E-state index in [1.54, 1.807) is 6.92 Å². The standard InChI is InChI=1S/C9H14N2O4/c1-8(6(12)14-3)5-10-11-9(8,2)7(13)15-4/h5H2,1-4H3/t8-,9+/m0/s1. The fourth-order valence-corrected chi connectivity index (χ4v) is 1.54. The Kier molecular flexibility index (Phi) is 2.79. The first kappa shape index (κ1) is 11.6. The summed E-state index contributed by atoms with van der Waals surface area (Å²) >= 11 is 0. The molecule has 84 valence electrons. The summed E-state index contributed by atoms with van der Waals surface area (Å²) in [6.07, 6.45) is 0. The second kappa shape index (κ2) is 3.60. The second-order valence-electron chi connectivity index (χ2n) is 3.79. The zero-order chi connectivity index (χ0) is 11.7. The van der Waals surface area contributed by atoms with E-state index in [9.17, 15) is 9.59 Å². The second-order valence-corrected chi connectivity index (χ2v) is 3.79. The summed E-state index contributed by atoms with van der Waals surface area (Å²) < 4.78 is 9.29. The average molecular weight is 214 g/mol. The minimum absolute atomic E-state index is 0.130. The number of ether oxygens (including phenoxy) is 2. The first-order chi connectivity index (χ1) is 6.92. The maximum absolute atomic E-state index is 11.6. The third kappa shape index (κ3) is 1.40. The lowest BCUT2D eigenvalue weighted by Crippen LogP contribution is -2.53. The van der Waals surface area contributed by atoms with Crippen LogP contribution >= 0.6 is 0 Å². The number of esters is 2. The fourth-order valence-electron chi connectivity index (χ4n) is 1.54. The van der Waals surface area contributed by atoms with E-state index in [0.29, 0.717) is 0 Å². The molecule has 0 saturated heterocycles. The quantitative estimate of drug-likeness (QED) is 0.629. The summed E-state index contributed by atoms with van der Waals surface area (Å²) in [6, 6.07) is 0. The Balaban J connectivity index is 3.12. The van der Waals surface area contributed by atoms with Crippen LogP contribution < -0.4 is 0 Å². The number of azo groups is 1. The molecule has 0 aromatic carbocycles. The normalized spacial score (nSPS) is 33.9. The fraction of sp³-hybridized carbons (Fsp3) is 0.778. The summed E-state index contributed by atoms with van der Waals surface area (Å²) in [6.45, 7) is 3.24. The molecular weight excluding hydrogens is 200 g/mol. The Morgan fingerprint density at radius 1 is 1.13 bits per heavy atom. The van der Waals surface area contributed by atoms with Crippen molar-refractivity contribution >= 4 is 11.9 Å². The summed E-state index contributed by atoms with van der Waals surface area (Å²) in [5.74, 6) is -1.10. The van der Waals surface area contributed by atoms with Crippen LogP contribution in [0.4, 0.5) is 0 Å². The van der Waals surface area contributed by atoms with Crippen LogP contribution in [0.1, 0.15) is 13.8 Å². The highest BCUT2D eigenvalue weighted by Crippen LogP contribution is 2.41. The first-order valence-electron chi connectivity index (χ1n) is 4.48. The predicted molar refractivity (Wildman–Crippen MR) is 50.3 cm³/mol. The Hall–Kier alpha value is -1.46. The molecule has 0 N–H and O–H groups in total. The molecule has 0 bridgehead atoms. The highest BCUT2D eigenvalue weighted by atomic mass is 16.5. The van der Waals surface area contributed by atoms with Gasteiger partial charge in [-0.15, -0.1) is 0 Å². The number of hydrogen-bond donors (Lipinski definition) is 0. The van der Waals surface area contributed by atoms with E-state index < -0.39 is 22.9 Å². The van der Waals surface area contributed by atoms with Crippen LogP contribution in [-0.2, 0) is 19.1 Å². The number of carbonyl (C=O) groups excluding carboxylic acids is 2. The van der Waals surface area contributed by atoms with Crippen molar-refractivity contribution in [1.82, 2.24) is 0 Å². The highest BCUT2D eigenvalue weighted by Gasteiger charge is 2.60. The van der Waals surface area contributed by atoms with Gasteiger partial charge >= 0.3 is 11.9 Å². The van der Waals surface area contributed by atoms with Gasteiger partial charge in [0, 0.05) is 0 Å². The maximum Gasteiger partial charge on any atom is 0.336 e. The van der Waals surface area contributed by atoms with Gasteiger partial charge in [0.05, 0.1) is 20.8 Å². The van der Waals surface area contributed by atoms with Gasteiger partial charge in [-0.2, -0.15) is 10.2 Å². The third-order valence-electron chi connectivity index (χ3n) is 2.95. The van der Waals surface area contributed by atoms with Crippen molar-refractivity contribution in [2.45, 2.75) is 19.4 Å². The van der Waals surface area contributed by atoms with Gasteiger partial charge in [-0.3, -0.25) is 4.79 Å². The molecule has 1 aliphatic rings. The molecule has 0 aliphatic carbocycles. The molecule has 0 amide bonds. The van der Waals surface area contributed by atoms with Gasteiger partial charge in [0.1, 0.15) is 5.41 Å². The van der Waals surface area contributed by atoms with Gasteiger partial charge < -0.3 is 9.47 Å². The Labute approximate surface area is 87.6 Å². The maximum atomic E-state index is 11.6. The molecule has 0 spiro atoms. The average Bonchev–Trinajstić information content (AvgIpc) is 2.55. The predicted octanol–water partition coefficient (Wildman–Crippen LogP) is 0.563. The molecule has 6 nitrogen and oxygen atoms in total. The van der Waals surface area contributed by atoms with Crippen LogP contribution in [0, 0.1) is 5.41 Å². The first-order valence-corrected chi connectivity index (χ1v) is 4.48. The summed E-state index contributed by atoms with van der Waals surface area (Å²) in [5.41, 5.74) is -2.39. The van der Waals surface area contributed by atoms with Crippen molar-refractivity contribution in [3.63, 3.8) is 0 Å². The van der Waals surface area contributed by atoms with Crippen LogP contribution in [0.5, 0.6) is 0 Å². The Bertz CT molecular complexity index is 328. The summed E-state index contributed by atoms with van der Waals surface area (Å²) in [4.78, 5) is 23.2. The van der Waals surface area contributed by atoms with Crippen molar-refractivity contribution in [3.8, 4) is 0 Å². The van der Waals surface area contributed by atoms with E-state index in [1.807, 2.05) is 0 Å². The largest absolute Gasteiger partial charge is 0.468 e. The molecule has 0 saturated carbocycles. The number of methoxy groups -OCH3 is 2. The molecule has 0 unspecified atom stereocenters. The van der Waals surface area contributed by atoms with Crippen molar-refractivity contribution in [3.05, 3.63) is 0 Å². The van der Waals surface area contributed by atoms with Gasteiger partial charge in [0.25, 0.3) is 0 Å². The van der Waals surface area contributed by atoms with E-state index >= 15 is 0 Å². The van der Waals surface area contributed by atoms with Crippen LogP contribution in [0.25, 0.3) is 0 Å². The van der Waals surface area contributed by atoms with E-state index in [-0.39, 0.29) is 6.54 Å². The van der Waals surface area contributed by atoms with E-state index in [1.165, 1.54) is 21.1 Å². The molecule has 6 heteroatoms. The summed E-state index contributed by atoms with van der Waals surface area (Å²) in [7, 11) is 2.52. The lowest BCUT2D eigenvalue weighted by atomic mass is 9.73. The molecular formula is C9H14N2O4. The smallest absolute Gasteiger partial charge is 0.336 e. The molecule has 0 aromatic rings. The topological polar surface area (TPSA) is 77.3 Å². The number of rotatable bonds is 2. The zero-order valence-electron chi connectivity index (χ0n) is 9.23. The molecule has 1 rings (SSSR count). The van der Waals surface area contributed by atoms with Crippen LogP contribution in [0.2, 0.25) is 0 Å². The van der Waals surface area contributed by atoms with Crippen molar-refractivity contribution in [1.29, 1.82) is 0 Å². The monoisotopic (exact) mass is 214 g/mol. The molecule has 1 heterocycles. The van der Waals surface area contributed by atoms with Gasteiger partial charge in [-0.05, 0) is 13.8 Å². The molecule has 0 radical (unpaired) electrons. The third-order valence-corrected chi connectivity index (χ3v) is 2.95. The summed E-state index contributed by atoms with van der Waals surface area (Å²) in [5, 5.41) is 7.56.